The standard InChI is InChI=1S/C13H29N3/c1-11(2)14-13-7-9-16(10-13)12(3)6-8-15(4)5/h11-14H,6-10H2,1-5H3. The van der Waals surface area contributed by atoms with Crippen LogP contribution in [0.1, 0.15) is 33.6 Å². The predicted octanol–water partition coefficient (Wildman–Crippen LogP) is 1.40. The van der Waals surface area contributed by atoms with Gasteiger partial charge in [0.15, 0.2) is 0 Å². The normalized spacial score (nSPS) is 24.6. The van der Waals surface area contributed by atoms with Crippen LogP contribution in [-0.4, -0.2) is 61.7 Å². The first-order valence-corrected chi connectivity index (χ1v) is 6.64. The fourth-order valence-electron chi connectivity index (χ4n) is 2.42. The summed E-state index contributed by atoms with van der Waals surface area (Å²) < 4.78 is 0. The van der Waals surface area contributed by atoms with Crippen LogP contribution in [0.25, 0.3) is 0 Å². The summed E-state index contributed by atoms with van der Waals surface area (Å²) in [4.78, 5) is 4.90. The van der Waals surface area contributed by atoms with Gasteiger partial charge in [-0.25, -0.2) is 0 Å². The van der Waals surface area contributed by atoms with Crippen LogP contribution in [0, 0.1) is 0 Å². The van der Waals surface area contributed by atoms with Gasteiger partial charge in [-0.1, -0.05) is 13.8 Å². The molecule has 96 valence electrons. The van der Waals surface area contributed by atoms with E-state index in [4.69, 9.17) is 0 Å². The maximum atomic E-state index is 3.64. The van der Waals surface area contributed by atoms with E-state index in [1.54, 1.807) is 0 Å². The van der Waals surface area contributed by atoms with Crippen LogP contribution in [-0.2, 0) is 0 Å². The third kappa shape index (κ3) is 4.81. The topological polar surface area (TPSA) is 18.5 Å². The predicted molar refractivity (Wildman–Crippen MR) is 70.9 cm³/mol. The zero-order valence-electron chi connectivity index (χ0n) is 11.7. The minimum absolute atomic E-state index is 0.613. The maximum Gasteiger partial charge on any atom is 0.0209 e. The Labute approximate surface area is 101 Å². The van der Waals surface area contributed by atoms with Gasteiger partial charge in [-0.15, -0.1) is 0 Å². The lowest BCUT2D eigenvalue weighted by Crippen LogP contribution is -2.39. The minimum atomic E-state index is 0.613. The van der Waals surface area contributed by atoms with Crippen molar-refractivity contribution in [1.82, 2.24) is 15.1 Å². The van der Waals surface area contributed by atoms with Crippen molar-refractivity contribution in [3.63, 3.8) is 0 Å². The molecule has 1 fully saturated rings. The Morgan fingerprint density at radius 2 is 2.00 bits per heavy atom. The first-order chi connectivity index (χ1) is 7.49. The SMILES string of the molecule is CC(C)NC1CCN(C(C)CCN(C)C)C1. The molecule has 2 atom stereocenters. The highest BCUT2D eigenvalue weighted by atomic mass is 15.2. The molecule has 1 N–H and O–H groups in total. The van der Waals surface area contributed by atoms with Crippen molar-refractivity contribution in [1.29, 1.82) is 0 Å². The molecule has 0 saturated carbocycles. The van der Waals surface area contributed by atoms with Gasteiger partial charge in [0, 0.05) is 31.2 Å². The first kappa shape index (κ1) is 13.9. The van der Waals surface area contributed by atoms with E-state index in [0.717, 1.165) is 6.04 Å². The van der Waals surface area contributed by atoms with E-state index in [0.29, 0.717) is 12.1 Å². The highest BCUT2D eigenvalue weighted by Gasteiger charge is 2.25. The highest BCUT2D eigenvalue weighted by Crippen LogP contribution is 2.15. The molecule has 1 aliphatic rings. The Morgan fingerprint density at radius 1 is 1.31 bits per heavy atom. The third-order valence-electron chi connectivity index (χ3n) is 3.41. The molecule has 3 heteroatoms. The van der Waals surface area contributed by atoms with E-state index in [9.17, 15) is 0 Å². The summed E-state index contributed by atoms with van der Waals surface area (Å²) >= 11 is 0. The molecule has 0 radical (unpaired) electrons. The Hall–Kier alpha value is -0.120. The molecule has 0 aromatic heterocycles. The number of nitrogens with zero attached hydrogens (tertiary/aromatic N) is 2. The van der Waals surface area contributed by atoms with E-state index in [1.807, 2.05) is 0 Å². The van der Waals surface area contributed by atoms with Crippen molar-refractivity contribution in [2.24, 2.45) is 0 Å². The molecule has 3 nitrogen and oxygen atoms in total. The van der Waals surface area contributed by atoms with Gasteiger partial charge in [0.2, 0.25) is 0 Å². The maximum absolute atomic E-state index is 3.64. The van der Waals surface area contributed by atoms with Gasteiger partial charge in [-0.05, 0) is 40.4 Å². The minimum Gasteiger partial charge on any atom is -0.310 e. The zero-order valence-corrected chi connectivity index (χ0v) is 11.7. The molecule has 0 aliphatic carbocycles. The smallest absolute Gasteiger partial charge is 0.0209 e. The molecular weight excluding hydrogens is 198 g/mol. The lowest BCUT2D eigenvalue weighted by molar-refractivity contribution is 0.222. The van der Waals surface area contributed by atoms with Crippen LogP contribution in [0.4, 0.5) is 0 Å². The number of rotatable bonds is 6. The van der Waals surface area contributed by atoms with Crippen LogP contribution >= 0.6 is 0 Å². The fourth-order valence-corrected chi connectivity index (χ4v) is 2.42. The third-order valence-corrected chi connectivity index (χ3v) is 3.41. The second-order valence-electron chi connectivity index (χ2n) is 5.74. The number of hydrogen-bond acceptors (Lipinski definition) is 3. The van der Waals surface area contributed by atoms with Gasteiger partial charge in [-0.3, -0.25) is 4.90 Å². The van der Waals surface area contributed by atoms with E-state index >= 15 is 0 Å². The molecule has 0 spiro atoms. The molecule has 0 aromatic carbocycles. The van der Waals surface area contributed by atoms with Crippen molar-refractivity contribution in [3.8, 4) is 0 Å². The number of likely N-dealkylation sites (tertiary alicyclic amines) is 1. The summed E-state index contributed by atoms with van der Waals surface area (Å²) in [5.74, 6) is 0. The van der Waals surface area contributed by atoms with Crippen molar-refractivity contribution in [3.05, 3.63) is 0 Å². The van der Waals surface area contributed by atoms with Crippen molar-refractivity contribution in [2.45, 2.75) is 51.7 Å². The summed E-state index contributed by atoms with van der Waals surface area (Å²) in [7, 11) is 4.31. The Balaban J connectivity index is 2.23. The second-order valence-corrected chi connectivity index (χ2v) is 5.74. The largest absolute Gasteiger partial charge is 0.310 e. The van der Waals surface area contributed by atoms with Crippen LogP contribution in [0.3, 0.4) is 0 Å². The monoisotopic (exact) mass is 227 g/mol. The van der Waals surface area contributed by atoms with E-state index in [1.165, 1.54) is 32.5 Å². The summed E-state index contributed by atoms with van der Waals surface area (Å²) in [5.41, 5.74) is 0. The van der Waals surface area contributed by atoms with Gasteiger partial charge < -0.3 is 10.2 Å². The van der Waals surface area contributed by atoms with Crippen LogP contribution in [0.2, 0.25) is 0 Å². The van der Waals surface area contributed by atoms with Crippen molar-refractivity contribution >= 4 is 0 Å². The van der Waals surface area contributed by atoms with Crippen molar-refractivity contribution in [2.75, 3.05) is 33.7 Å². The van der Waals surface area contributed by atoms with Crippen molar-refractivity contribution < 1.29 is 0 Å². The molecule has 1 rings (SSSR count). The molecule has 16 heavy (non-hydrogen) atoms. The van der Waals surface area contributed by atoms with Crippen LogP contribution < -0.4 is 5.32 Å². The quantitative estimate of drug-likeness (QED) is 0.740. The summed E-state index contributed by atoms with van der Waals surface area (Å²) in [6.45, 7) is 10.5. The Morgan fingerprint density at radius 3 is 2.56 bits per heavy atom. The first-order valence-electron chi connectivity index (χ1n) is 6.64. The lowest BCUT2D eigenvalue weighted by atomic mass is 10.2. The second kappa shape index (κ2) is 6.58. The zero-order chi connectivity index (χ0) is 12.1. The molecule has 0 amide bonds. The molecule has 0 aromatic rings. The summed E-state index contributed by atoms with van der Waals surface area (Å²) in [6, 6.07) is 2.05. The summed E-state index contributed by atoms with van der Waals surface area (Å²) in [6.07, 6.45) is 2.59. The number of hydrogen-bond donors (Lipinski definition) is 1. The van der Waals surface area contributed by atoms with E-state index < -0.39 is 0 Å². The highest BCUT2D eigenvalue weighted by molar-refractivity contribution is 4.84. The van der Waals surface area contributed by atoms with Gasteiger partial charge in [-0.2, -0.15) is 0 Å². The Bertz CT molecular complexity index is 192. The molecular formula is C13H29N3. The molecule has 1 heterocycles. The van der Waals surface area contributed by atoms with Crippen LogP contribution in [0.15, 0.2) is 0 Å². The molecule has 2 unspecified atom stereocenters. The average molecular weight is 227 g/mol. The fraction of sp³-hybridized carbons (Fsp3) is 1.00. The molecule has 0 bridgehead atoms. The van der Waals surface area contributed by atoms with Crippen LogP contribution in [0.5, 0.6) is 0 Å². The Kier molecular flexibility index (Phi) is 5.73. The molecule has 1 aliphatic heterocycles. The van der Waals surface area contributed by atoms with E-state index in [-0.39, 0.29) is 0 Å². The van der Waals surface area contributed by atoms with Gasteiger partial charge in [0.1, 0.15) is 0 Å². The number of nitrogens with one attached hydrogen (secondary N) is 1. The van der Waals surface area contributed by atoms with Gasteiger partial charge in [0.05, 0.1) is 0 Å². The molecule has 1 saturated heterocycles. The lowest BCUT2D eigenvalue weighted by Gasteiger charge is -2.26. The van der Waals surface area contributed by atoms with E-state index in [2.05, 4.69) is 50.0 Å². The van der Waals surface area contributed by atoms with Gasteiger partial charge in [0.25, 0.3) is 0 Å². The summed E-state index contributed by atoms with van der Waals surface area (Å²) in [5, 5.41) is 3.64. The average Bonchev–Trinajstić information content (AvgIpc) is 2.61. The van der Waals surface area contributed by atoms with Gasteiger partial charge >= 0.3 is 0 Å².